The van der Waals surface area contributed by atoms with Crippen LogP contribution in [0.4, 0.5) is 0 Å². The summed E-state index contributed by atoms with van der Waals surface area (Å²) in [6, 6.07) is 0.687. The van der Waals surface area contributed by atoms with E-state index in [1.54, 1.807) is 0 Å². The van der Waals surface area contributed by atoms with Crippen LogP contribution in [0.15, 0.2) is 0 Å². The molecule has 0 saturated carbocycles. The molecule has 1 nitrogen and oxygen atoms in total. The van der Waals surface area contributed by atoms with E-state index in [-0.39, 0.29) is 7.43 Å². The van der Waals surface area contributed by atoms with Crippen LogP contribution in [0.2, 0.25) is 0 Å². The Morgan fingerprint density at radius 1 is 1.20 bits per heavy atom. The topological polar surface area (TPSA) is 12.0 Å². The minimum absolute atomic E-state index is 0. The highest BCUT2D eigenvalue weighted by molar-refractivity contribution is 4.58. The zero-order valence-electron chi connectivity index (χ0n) is 7.07. The van der Waals surface area contributed by atoms with Gasteiger partial charge in [0.15, 0.2) is 0 Å². The van der Waals surface area contributed by atoms with Gasteiger partial charge >= 0.3 is 0 Å². The summed E-state index contributed by atoms with van der Waals surface area (Å²) in [6.45, 7) is 10.0. The third kappa shape index (κ3) is 7.96. The summed E-state index contributed by atoms with van der Waals surface area (Å²) >= 11 is 0. The van der Waals surface area contributed by atoms with Crippen molar-refractivity contribution in [2.45, 2.75) is 47.6 Å². The lowest BCUT2D eigenvalue weighted by Gasteiger charge is -2.12. The Kier molecular flexibility index (Phi) is 8.92. The maximum absolute atomic E-state index is 3.43. The molecule has 0 saturated heterocycles. The van der Waals surface area contributed by atoms with Crippen molar-refractivity contribution in [3.8, 4) is 0 Å². The second-order valence-corrected chi connectivity index (χ2v) is 3.11. The molecule has 0 aromatic rings. The summed E-state index contributed by atoms with van der Waals surface area (Å²) in [5, 5.41) is 3.43. The molecule has 0 heterocycles. The molecule has 1 atom stereocenters. The highest BCUT2D eigenvalue weighted by Gasteiger charge is 1.97. The van der Waals surface area contributed by atoms with E-state index in [1.165, 1.54) is 6.42 Å². The minimum Gasteiger partial charge on any atom is -0.314 e. The zero-order valence-corrected chi connectivity index (χ0v) is 7.07. The van der Waals surface area contributed by atoms with Gasteiger partial charge in [0, 0.05) is 6.04 Å². The zero-order chi connectivity index (χ0) is 7.28. The Morgan fingerprint density at radius 3 is 2.00 bits per heavy atom. The predicted molar refractivity (Wildman–Crippen MR) is 49.3 cm³/mol. The third-order valence-corrected chi connectivity index (χ3v) is 1.49. The largest absolute Gasteiger partial charge is 0.314 e. The molecule has 1 heteroatoms. The lowest BCUT2D eigenvalue weighted by atomic mass is 10.2. The molecule has 0 bridgehead atoms. The lowest BCUT2D eigenvalue weighted by Crippen LogP contribution is -2.28. The van der Waals surface area contributed by atoms with Gasteiger partial charge in [-0.1, -0.05) is 28.2 Å². The molecule has 0 aliphatic carbocycles. The van der Waals surface area contributed by atoms with Crippen molar-refractivity contribution in [1.82, 2.24) is 5.32 Å². The minimum atomic E-state index is 0. The van der Waals surface area contributed by atoms with Crippen molar-refractivity contribution in [2.24, 2.45) is 5.92 Å². The van der Waals surface area contributed by atoms with E-state index in [0.29, 0.717) is 6.04 Å². The van der Waals surface area contributed by atoms with Gasteiger partial charge < -0.3 is 5.32 Å². The fourth-order valence-corrected chi connectivity index (χ4v) is 0.581. The van der Waals surface area contributed by atoms with E-state index in [2.05, 4.69) is 33.0 Å². The van der Waals surface area contributed by atoms with Crippen molar-refractivity contribution in [3.05, 3.63) is 0 Å². The van der Waals surface area contributed by atoms with Gasteiger partial charge in [-0.15, -0.1) is 0 Å². The van der Waals surface area contributed by atoms with Crippen LogP contribution in [0.3, 0.4) is 0 Å². The number of nitrogens with one attached hydrogen (secondary N) is 1. The van der Waals surface area contributed by atoms with E-state index in [1.807, 2.05) is 0 Å². The Bertz CT molecular complexity index is 59.7. The SMILES string of the molecule is C.CCC(C)NCC(C)C. The van der Waals surface area contributed by atoms with Crippen molar-refractivity contribution < 1.29 is 0 Å². The molecule has 0 aromatic heterocycles. The van der Waals surface area contributed by atoms with E-state index >= 15 is 0 Å². The maximum Gasteiger partial charge on any atom is 0.00362 e. The Labute approximate surface area is 66.2 Å². The maximum atomic E-state index is 3.43. The molecule has 1 N–H and O–H groups in total. The van der Waals surface area contributed by atoms with Gasteiger partial charge in [0.2, 0.25) is 0 Å². The van der Waals surface area contributed by atoms with Crippen LogP contribution in [0.5, 0.6) is 0 Å². The highest BCUT2D eigenvalue weighted by Crippen LogP contribution is 1.91. The number of rotatable bonds is 4. The van der Waals surface area contributed by atoms with E-state index in [4.69, 9.17) is 0 Å². The Hall–Kier alpha value is -0.0400. The molecular formula is C9H23N. The van der Waals surface area contributed by atoms with Crippen LogP contribution in [-0.4, -0.2) is 12.6 Å². The lowest BCUT2D eigenvalue weighted by molar-refractivity contribution is 0.475. The summed E-state index contributed by atoms with van der Waals surface area (Å²) in [6.07, 6.45) is 1.23. The molecule has 0 fully saturated rings. The molecule has 0 aliphatic heterocycles. The normalized spacial score (nSPS) is 12.9. The van der Waals surface area contributed by atoms with Crippen LogP contribution in [0.25, 0.3) is 0 Å². The molecule has 0 amide bonds. The molecule has 0 radical (unpaired) electrons. The summed E-state index contributed by atoms with van der Waals surface area (Å²) < 4.78 is 0. The second-order valence-electron chi connectivity index (χ2n) is 3.11. The van der Waals surface area contributed by atoms with Crippen LogP contribution >= 0.6 is 0 Å². The summed E-state index contributed by atoms with van der Waals surface area (Å²) in [7, 11) is 0. The average molecular weight is 145 g/mol. The van der Waals surface area contributed by atoms with Crippen molar-refractivity contribution >= 4 is 0 Å². The van der Waals surface area contributed by atoms with Crippen molar-refractivity contribution in [3.63, 3.8) is 0 Å². The van der Waals surface area contributed by atoms with Crippen molar-refractivity contribution in [2.75, 3.05) is 6.54 Å². The van der Waals surface area contributed by atoms with Gasteiger partial charge in [-0.2, -0.15) is 0 Å². The van der Waals surface area contributed by atoms with Crippen LogP contribution < -0.4 is 5.32 Å². The molecule has 64 valence electrons. The first kappa shape index (κ1) is 12.6. The molecule has 1 unspecified atom stereocenters. The van der Waals surface area contributed by atoms with Gasteiger partial charge in [-0.3, -0.25) is 0 Å². The van der Waals surface area contributed by atoms with Crippen LogP contribution in [0, 0.1) is 5.92 Å². The highest BCUT2D eigenvalue weighted by atomic mass is 14.9. The third-order valence-electron chi connectivity index (χ3n) is 1.49. The average Bonchev–Trinajstić information content (AvgIpc) is 1.83. The van der Waals surface area contributed by atoms with Crippen molar-refractivity contribution in [1.29, 1.82) is 0 Å². The standard InChI is InChI=1S/C8H19N.CH4/c1-5-8(4)9-6-7(2)3;/h7-9H,5-6H2,1-4H3;1H4. The Balaban J connectivity index is 0. The van der Waals surface area contributed by atoms with E-state index in [9.17, 15) is 0 Å². The predicted octanol–water partition coefficient (Wildman–Crippen LogP) is 2.67. The molecular weight excluding hydrogens is 122 g/mol. The smallest absolute Gasteiger partial charge is 0.00362 e. The fraction of sp³-hybridized carbons (Fsp3) is 1.00. The molecule has 0 aromatic carbocycles. The fourth-order valence-electron chi connectivity index (χ4n) is 0.581. The summed E-state index contributed by atoms with van der Waals surface area (Å²) in [5.41, 5.74) is 0. The number of hydrogen-bond donors (Lipinski definition) is 1. The molecule has 0 spiro atoms. The molecule has 0 aliphatic rings. The molecule has 10 heavy (non-hydrogen) atoms. The summed E-state index contributed by atoms with van der Waals surface area (Å²) in [5.74, 6) is 0.777. The monoisotopic (exact) mass is 145 g/mol. The van der Waals surface area contributed by atoms with E-state index in [0.717, 1.165) is 12.5 Å². The van der Waals surface area contributed by atoms with Gasteiger partial charge in [-0.05, 0) is 25.8 Å². The van der Waals surface area contributed by atoms with Crippen LogP contribution in [0.1, 0.15) is 41.5 Å². The quantitative estimate of drug-likeness (QED) is 0.641. The van der Waals surface area contributed by atoms with Gasteiger partial charge in [-0.25, -0.2) is 0 Å². The first-order valence-corrected chi connectivity index (χ1v) is 3.90. The first-order chi connectivity index (χ1) is 4.16. The van der Waals surface area contributed by atoms with Gasteiger partial charge in [0.05, 0.1) is 0 Å². The van der Waals surface area contributed by atoms with E-state index < -0.39 is 0 Å². The summed E-state index contributed by atoms with van der Waals surface area (Å²) in [4.78, 5) is 0. The molecule has 0 rings (SSSR count). The number of hydrogen-bond acceptors (Lipinski definition) is 1. The second kappa shape index (κ2) is 7.07. The van der Waals surface area contributed by atoms with Gasteiger partial charge in [0.1, 0.15) is 0 Å². The van der Waals surface area contributed by atoms with Crippen LogP contribution in [-0.2, 0) is 0 Å². The Morgan fingerprint density at radius 2 is 1.70 bits per heavy atom. The van der Waals surface area contributed by atoms with Gasteiger partial charge in [0.25, 0.3) is 0 Å². The first-order valence-electron chi connectivity index (χ1n) is 3.90.